The Hall–Kier alpha value is -0.570. The minimum Gasteiger partial charge on any atom is -0.381 e. The van der Waals surface area contributed by atoms with E-state index in [0.29, 0.717) is 12.3 Å². The topological polar surface area (TPSA) is 29.5 Å². The summed E-state index contributed by atoms with van der Waals surface area (Å²) in [5, 5.41) is 0. The van der Waals surface area contributed by atoms with Crippen LogP contribution in [0.15, 0.2) is 0 Å². The van der Waals surface area contributed by atoms with E-state index in [2.05, 4.69) is 6.92 Å². The van der Waals surface area contributed by atoms with Gasteiger partial charge in [0.15, 0.2) is 0 Å². The van der Waals surface area contributed by atoms with E-state index in [9.17, 15) is 4.79 Å². The van der Waals surface area contributed by atoms with Crippen molar-refractivity contribution in [2.45, 2.75) is 32.6 Å². The molecule has 1 atom stereocenters. The molecule has 0 radical (unpaired) electrons. The van der Waals surface area contributed by atoms with Crippen LogP contribution in [0.4, 0.5) is 0 Å². The first-order chi connectivity index (χ1) is 6.74. The lowest BCUT2D eigenvalue weighted by atomic mass is 10.1. The molecule has 3 nitrogen and oxygen atoms in total. The van der Waals surface area contributed by atoms with Crippen molar-refractivity contribution >= 4 is 5.91 Å². The molecule has 1 aliphatic heterocycles. The Labute approximate surface area is 86.4 Å². The zero-order valence-electron chi connectivity index (χ0n) is 9.29. The predicted octanol–water partition coefficient (Wildman–Crippen LogP) is 1.67. The fraction of sp³-hybridized carbons (Fsp3) is 0.909. The smallest absolute Gasteiger partial charge is 0.222 e. The molecular formula is C11H21NO2. The van der Waals surface area contributed by atoms with E-state index in [1.807, 2.05) is 11.9 Å². The van der Waals surface area contributed by atoms with Crippen LogP contribution in [0.3, 0.4) is 0 Å². The first kappa shape index (κ1) is 11.5. The van der Waals surface area contributed by atoms with Crippen LogP contribution in [0.2, 0.25) is 0 Å². The number of ether oxygens (including phenoxy) is 1. The summed E-state index contributed by atoms with van der Waals surface area (Å²) in [6.45, 7) is 4.66. The third kappa shape index (κ3) is 3.66. The molecule has 0 spiro atoms. The standard InChI is InChI=1S/C11H21NO2/c1-3-4-5-11(13)12(2)8-10-6-7-14-9-10/h10H,3-9H2,1-2H3. The number of rotatable bonds is 5. The number of carbonyl (C=O) groups is 1. The van der Waals surface area contributed by atoms with E-state index in [-0.39, 0.29) is 5.91 Å². The number of amides is 1. The molecule has 0 aromatic carbocycles. The SMILES string of the molecule is CCCCC(=O)N(C)CC1CCOC1. The molecule has 1 fully saturated rings. The lowest BCUT2D eigenvalue weighted by Gasteiger charge is -2.20. The zero-order chi connectivity index (χ0) is 10.4. The van der Waals surface area contributed by atoms with Gasteiger partial charge in [-0.1, -0.05) is 13.3 Å². The Bertz CT molecular complexity index is 176. The Balaban J connectivity index is 2.18. The van der Waals surface area contributed by atoms with Crippen LogP contribution >= 0.6 is 0 Å². The molecule has 14 heavy (non-hydrogen) atoms. The number of nitrogens with zero attached hydrogens (tertiary/aromatic N) is 1. The van der Waals surface area contributed by atoms with Gasteiger partial charge in [-0.25, -0.2) is 0 Å². The van der Waals surface area contributed by atoms with Gasteiger partial charge in [-0.15, -0.1) is 0 Å². The highest BCUT2D eigenvalue weighted by Crippen LogP contribution is 2.13. The Kier molecular flexibility index (Phi) is 4.94. The fourth-order valence-electron chi connectivity index (χ4n) is 1.74. The summed E-state index contributed by atoms with van der Waals surface area (Å²) in [5.74, 6) is 0.837. The maximum Gasteiger partial charge on any atom is 0.222 e. The van der Waals surface area contributed by atoms with Crippen LogP contribution < -0.4 is 0 Å². The van der Waals surface area contributed by atoms with E-state index < -0.39 is 0 Å². The number of hydrogen-bond donors (Lipinski definition) is 0. The molecule has 0 N–H and O–H groups in total. The second-order valence-electron chi connectivity index (χ2n) is 4.11. The number of carbonyl (C=O) groups excluding carboxylic acids is 1. The van der Waals surface area contributed by atoms with Crippen molar-refractivity contribution in [2.24, 2.45) is 5.92 Å². The first-order valence-corrected chi connectivity index (χ1v) is 5.55. The van der Waals surface area contributed by atoms with E-state index in [1.54, 1.807) is 0 Å². The number of hydrogen-bond acceptors (Lipinski definition) is 2. The second-order valence-corrected chi connectivity index (χ2v) is 4.11. The lowest BCUT2D eigenvalue weighted by molar-refractivity contribution is -0.130. The summed E-state index contributed by atoms with van der Waals surface area (Å²) in [6.07, 6.45) is 3.89. The molecule has 0 aliphatic carbocycles. The van der Waals surface area contributed by atoms with Crippen LogP contribution in [0.25, 0.3) is 0 Å². The van der Waals surface area contributed by atoms with Gasteiger partial charge in [-0.2, -0.15) is 0 Å². The van der Waals surface area contributed by atoms with Gasteiger partial charge < -0.3 is 9.64 Å². The molecule has 0 aromatic heterocycles. The summed E-state index contributed by atoms with van der Waals surface area (Å²) in [5.41, 5.74) is 0. The van der Waals surface area contributed by atoms with Gasteiger partial charge in [-0.05, 0) is 12.8 Å². The molecule has 1 rings (SSSR count). The summed E-state index contributed by atoms with van der Waals surface area (Å²) in [4.78, 5) is 13.4. The van der Waals surface area contributed by atoms with E-state index in [4.69, 9.17) is 4.74 Å². The third-order valence-corrected chi connectivity index (χ3v) is 2.73. The highest BCUT2D eigenvalue weighted by molar-refractivity contribution is 5.75. The van der Waals surface area contributed by atoms with Crippen molar-refractivity contribution in [3.8, 4) is 0 Å². The van der Waals surface area contributed by atoms with Crippen molar-refractivity contribution < 1.29 is 9.53 Å². The predicted molar refractivity (Wildman–Crippen MR) is 56.1 cm³/mol. The second kappa shape index (κ2) is 6.02. The van der Waals surface area contributed by atoms with Crippen molar-refractivity contribution in [2.75, 3.05) is 26.8 Å². The van der Waals surface area contributed by atoms with Gasteiger partial charge in [0.1, 0.15) is 0 Å². The maximum atomic E-state index is 11.6. The maximum absolute atomic E-state index is 11.6. The van der Waals surface area contributed by atoms with Crippen molar-refractivity contribution in [1.29, 1.82) is 0 Å². The van der Waals surface area contributed by atoms with Gasteiger partial charge in [0.2, 0.25) is 5.91 Å². The van der Waals surface area contributed by atoms with Crippen LogP contribution in [0, 0.1) is 5.92 Å². The highest BCUT2D eigenvalue weighted by Gasteiger charge is 2.19. The van der Waals surface area contributed by atoms with Crippen LogP contribution in [-0.4, -0.2) is 37.6 Å². The summed E-state index contributed by atoms with van der Waals surface area (Å²) < 4.78 is 5.28. The Morgan fingerprint density at radius 2 is 2.36 bits per heavy atom. The van der Waals surface area contributed by atoms with Gasteiger partial charge in [0.05, 0.1) is 6.61 Å². The average molecular weight is 199 g/mol. The minimum atomic E-state index is 0.277. The molecule has 1 saturated heterocycles. The summed E-state index contributed by atoms with van der Waals surface area (Å²) in [6, 6.07) is 0. The van der Waals surface area contributed by atoms with E-state index >= 15 is 0 Å². The largest absolute Gasteiger partial charge is 0.381 e. The van der Waals surface area contributed by atoms with Crippen molar-refractivity contribution in [1.82, 2.24) is 4.90 Å². The monoisotopic (exact) mass is 199 g/mol. The zero-order valence-corrected chi connectivity index (χ0v) is 9.29. The molecule has 82 valence electrons. The summed E-state index contributed by atoms with van der Waals surface area (Å²) >= 11 is 0. The van der Waals surface area contributed by atoms with Gasteiger partial charge in [0.25, 0.3) is 0 Å². The minimum absolute atomic E-state index is 0.277. The molecule has 0 bridgehead atoms. The highest BCUT2D eigenvalue weighted by atomic mass is 16.5. The van der Waals surface area contributed by atoms with Gasteiger partial charge in [-0.3, -0.25) is 4.79 Å². The molecular weight excluding hydrogens is 178 g/mol. The Morgan fingerprint density at radius 3 is 2.93 bits per heavy atom. The normalized spacial score (nSPS) is 21.1. The third-order valence-electron chi connectivity index (χ3n) is 2.73. The van der Waals surface area contributed by atoms with Crippen LogP contribution in [-0.2, 0) is 9.53 Å². The molecule has 1 heterocycles. The average Bonchev–Trinajstić information content (AvgIpc) is 2.66. The molecule has 1 unspecified atom stereocenters. The Morgan fingerprint density at radius 1 is 1.57 bits per heavy atom. The quantitative estimate of drug-likeness (QED) is 0.674. The van der Waals surface area contributed by atoms with Gasteiger partial charge in [0, 0.05) is 32.5 Å². The fourth-order valence-corrected chi connectivity index (χ4v) is 1.74. The van der Waals surface area contributed by atoms with Crippen molar-refractivity contribution in [3.05, 3.63) is 0 Å². The van der Waals surface area contributed by atoms with Crippen molar-refractivity contribution in [3.63, 3.8) is 0 Å². The molecule has 1 aliphatic rings. The van der Waals surface area contributed by atoms with E-state index in [1.165, 1.54) is 0 Å². The first-order valence-electron chi connectivity index (χ1n) is 5.55. The van der Waals surface area contributed by atoms with Crippen LogP contribution in [0.1, 0.15) is 32.6 Å². The summed E-state index contributed by atoms with van der Waals surface area (Å²) in [7, 11) is 1.90. The van der Waals surface area contributed by atoms with E-state index in [0.717, 1.165) is 39.0 Å². The van der Waals surface area contributed by atoms with Crippen LogP contribution in [0.5, 0.6) is 0 Å². The molecule has 0 saturated carbocycles. The lowest BCUT2D eigenvalue weighted by Crippen LogP contribution is -2.31. The number of unbranched alkanes of at least 4 members (excludes halogenated alkanes) is 1. The molecule has 3 heteroatoms. The molecule has 0 aromatic rings. The van der Waals surface area contributed by atoms with Gasteiger partial charge >= 0.3 is 0 Å². The molecule has 1 amide bonds.